The number of halogens is 3. The normalized spacial score (nSPS) is 17.3. The minimum Gasteiger partial charge on any atom is -0.355 e. The van der Waals surface area contributed by atoms with E-state index < -0.39 is 11.7 Å². The summed E-state index contributed by atoms with van der Waals surface area (Å²) >= 11 is 0. The summed E-state index contributed by atoms with van der Waals surface area (Å²) in [5.41, 5.74) is 2.17. The molecule has 0 saturated carbocycles. The summed E-state index contributed by atoms with van der Waals surface area (Å²) in [6.45, 7) is 7.06. The third kappa shape index (κ3) is 4.54. The van der Waals surface area contributed by atoms with E-state index in [2.05, 4.69) is 4.98 Å². The van der Waals surface area contributed by atoms with E-state index in [1.165, 1.54) is 12.3 Å². The minimum absolute atomic E-state index is 0.0459. The molecular formula is C22H26F3N3O. The van der Waals surface area contributed by atoms with Crippen LogP contribution in [-0.2, 0) is 11.0 Å². The van der Waals surface area contributed by atoms with Crippen molar-refractivity contribution in [3.63, 3.8) is 0 Å². The molecule has 1 fully saturated rings. The van der Waals surface area contributed by atoms with E-state index in [4.69, 9.17) is 0 Å². The molecule has 1 atom stereocenters. The Bertz CT molecular complexity index is 882. The summed E-state index contributed by atoms with van der Waals surface area (Å²) in [5.74, 6) is -0.505. The molecule has 2 heterocycles. The number of pyridine rings is 1. The van der Waals surface area contributed by atoms with E-state index in [-0.39, 0.29) is 24.2 Å². The number of carbonyl (C=O) groups is 1. The average Bonchev–Trinajstić information content (AvgIpc) is 2.70. The largest absolute Gasteiger partial charge is 0.419 e. The van der Waals surface area contributed by atoms with Crippen LogP contribution in [0, 0.1) is 19.8 Å². The zero-order valence-electron chi connectivity index (χ0n) is 17.0. The van der Waals surface area contributed by atoms with Crippen LogP contribution in [0.5, 0.6) is 0 Å². The van der Waals surface area contributed by atoms with Gasteiger partial charge in [-0.25, -0.2) is 4.98 Å². The molecule has 0 bridgehead atoms. The molecule has 156 valence electrons. The van der Waals surface area contributed by atoms with Gasteiger partial charge in [0.25, 0.3) is 0 Å². The van der Waals surface area contributed by atoms with E-state index in [0.717, 1.165) is 22.9 Å². The molecule has 1 amide bonds. The van der Waals surface area contributed by atoms with Crippen molar-refractivity contribution in [3.05, 3.63) is 53.2 Å². The fourth-order valence-electron chi connectivity index (χ4n) is 3.92. The molecule has 0 radical (unpaired) electrons. The number of anilines is 2. The summed E-state index contributed by atoms with van der Waals surface area (Å²) in [6, 6.07) is 8.30. The molecule has 1 unspecified atom stereocenters. The molecule has 4 nitrogen and oxygen atoms in total. The zero-order valence-corrected chi connectivity index (χ0v) is 17.0. The molecule has 0 N–H and O–H groups in total. The lowest BCUT2D eigenvalue weighted by molar-refractivity contribution is -0.137. The maximum Gasteiger partial charge on any atom is 0.419 e. The highest BCUT2D eigenvalue weighted by Gasteiger charge is 2.38. The van der Waals surface area contributed by atoms with Crippen LogP contribution in [0.2, 0.25) is 0 Å². The average molecular weight is 405 g/mol. The summed E-state index contributed by atoms with van der Waals surface area (Å²) in [6.07, 6.45) is -1.81. The highest BCUT2D eigenvalue weighted by atomic mass is 19.4. The maximum absolute atomic E-state index is 13.4. The number of aromatic nitrogens is 1. The topological polar surface area (TPSA) is 36.4 Å². The van der Waals surface area contributed by atoms with Gasteiger partial charge in [-0.2, -0.15) is 13.2 Å². The smallest absolute Gasteiger partial charge is 0.355 e. The van der Waals surface area contributed by atoms with Gasteiger partial charge < -0.3 is 9.80 Å². The van der Waals surface area contributed by atoms with E-state index >= 15 is 0 Å². The molecule has 1 aliphatic rings. The number of benzene rings is 1. The highest BCUT2D eigenvalue weighted by molar-refractivity contribution is 5.96. The molecular weight excluding hydrogens is 379 g/mol. The Morgan fingerprint density at radius 2 is 2.03 bits per heavy atom. The van der Waals surface area contributed by atoms with Crippen molar-refractivity contribution >= 4 is 17.4 Å². The Kier molecular flexibility index (Phi) is 6.15. The van der Waals surface area contributed by atoms with E-state index in [1.54, 1.807) is 9.80 Å². The van der Waals surface area contributed by atoms with Crippen LogP contribution < -0.4 is 9.80 Å². The number of aryl methyl sites for hydroxylation is 2. The first-order valence-electron chi connectivity index (χ1n) is 9.88. The highest BCUT2D eigenvalue weighted by Crippen LogP contribution is 2.37. The Morgan fingerprint density at radius 3 is 2.72 bits per heavy atom. The first-order chi connectivity index (χ1) is 13.7. The maximum atomic E-state index is 13.4. The second-order valence-corrected chi connectivity index (χ2v) is 7.53. The number of hydrogen-bond acceptors (Lipinski definition) is 3. The first kappa shape index (κ1) is 21.1. The van der Waals surface area contributed by atoms with Gasteiger partial charge in [0.15, 0.2) is 0 Å². The number of rotatable bonds is 4. The van der Waals surface area contributed by atoms with Gasteiger partial charge in [0, 0.05) is 31.5 Å². The number of amides is 1. The summed E-state index contributed by atoms with van der Waals surface area (Å²) in [4.78, 5) is 20.7. The zero-order chi connectivity index (χ0) is 21.2. The van der Waals surface area contributed by atoms with Crippen LogP contribution in [0.4, 0.5) is 24.7 Å². The minimum atomic E-state index is -4.48. The SMILES string of the molecule is CCN(C(=O)C1CCCN(c2ncccc2C(F)(F)F)C1)c1cc(C)ccc1C. The van der Waals surface area contributed by atoms with Gasteiger partial charge in [-0.3, -0.25) is 4.79 Å². The monoisotopic (exact) mass is 405 g/mol. The Labute approximate surface area is 169 Å². The van der Waals surface area contributed by atoms with Gasteiger partial charge in [0.1, 0.15) is 5.82 Å². The second-order valence-electron chi connectivity index (χ2n) is 7.53. The Morgan fingerprint density at radius 1 is 1.28 bits per heavy atom. The quantitative estimate of drug-likeness (QED) is 0.719. The van der Waals surface area contributed by atoms with Crippen LogP contribution in [-0.4, -0.2) is 30.5 Å². The van der Waals surface area contributed by atoms with Gasteiger partial charge in [-0.15, -0.1) is 0 Å². The third-order valence-electron chi connectivity index (χ3n) is 5.40. The number of piperidine rings is 1. The fraction of sp³-hybridized carbons (Fsp3) is 0.455. The second kappa shape index (κ2) is 8.43. The van der Waals surface area contributed by atoms with Crippen molar-refractivity contribution in [2.45, 2.75) is 39.8 Å². The number of nitrogens with zero attached hydrogens (tertiary/aromatic N) is 3. The Hall–Kier alpha value is -2.57. The predicted octanol–water partition coefficient (Wildman–Crippen LogP) is 4.99. The molecule has 0 aliphatic carbocycles. The molecule has 1 aromatic carbocycles. The molecule has 29 heavy (non-hydrogen) atoms. The van der Waals surface area contributed by atoms with Crippen LogP contribution in [0.3, 0.4) is 0 Å². The third-order valence-corrected chi connectivity index (χ3v) is 5.40. The van der Waals surface area contributed by atoms with Gasteiger partial charge in [-0.05, 0) is 62.9 Å². The molecule has 1 aromatic heterocycles. The molecule has 1 aliphatic heterocycles. The van der Waals surface area contributed by atoms with Crippen LogP contribution >= 0.6 is 0 Å². The molecule has 3 rings (SSSR count). The molecule has 1 saturated heterocycles. The predicted molar refractivity (Wildman–Crippen MR) is 108 cm³/mol. The van der Waals surface area contributed by atoms with E-state index in [0.29, 0.717) is 25.9 Å². The van der Waals surface area contributed by atoms with Crippen molar-refractivity contribution in [2.24, 2.45) is 5.92 Å². The summed E-state index contributed by atoms with van der Waals surface area (Å²) < 4.78 is 40.2. The van der Waals surface area contributed by atoms with Gasteiger partial charge in [0.05, 0.1) is 11.5 Å². The van der Waals surface area contributed by atoms with E-state index in [9.17, 15) is 18.0 Å². The van der Waals surface area contributed by atoms with Crippen molar-refractivity contribution in [2.75, 3.05) is 29.4 Å². The number of alkyl halides is 3. The summed E-state index contributed by atoms with van der Waals surface area (Å²) in [7, 11) is 0. The van der Waals surface area contributed by atoms with Gasteiger partial charge in [0.2, 0.25) is 5.91 Å². The lowest BCUT2D eigenvalue weighted by Crippen LogP contribution is -2.46. The molecule has 2 aromatic rings. The molecule has 7 heteroatoms. The van der Waals surface area contributed by atoms with Crippen LogP contribution in [0.15, 0.2) is 36.5 Å². The lowest BCUT2D eigenvalue weighted by Gasteiger charge is -2.36. The number of hydrogen-bond donors (Lipinski definition) is 0. The lowest BCUT2D eigenvalue weighted by atomic mass is 9.95. The van der Waals surface area contributed by atoms with E-state index in [1.807, 2.05) is 39.0 Å². The van der Waals surface area contributed by atoms with Crippen molar-refractivity contribution in [1.82, 2.24) is 4.98 Å². The number of carbonyl (C=O) groups excluding carboxylic acids is 1. The van der Waals surface area contributed by atoms with Gasteiger partial charge >= 0.3 is 6.18 Å². The summed E-state index contributed by atoms with van der Waals surface area (Å²) in [5, 5.41) is 0. The van der Waals surface area contributed by atoms with Crippen LogP contribution in [0.25, 0.3) is 0 Å². The Balaban J connectivity index is 1.85. The standard InChI is InChI=1S/C22H26F3N3O/c1-4-28(19-13-15(2)9-10-16(19)3)21(29)17-7-6-12-27(14-17)20-18(22(23,24)25)8-5-11-26-20/h5,8-11,13,17H,4,6-7,12,14H2,1-3H3. The van der Waals surface area contributed by atoms with Crippen molar-refractivity contribution in [3.8, 4) is 0 Å². The molecule has 0 spiro atoms. The van der Waals surface area contributed by atoms with Crippen LogP contribution in [0.1, 0.15) is 36.5 Å². The van der Waals surface area contributed by atoms with Gasteiger partial charge in [-0.1, -0.05) is 12.1 Å². The van der Waals surface area contributed by atoms with Crippen molar-refractivity contribution in [1.29, 1.82) is 0 Å². The fourth-order valence-corrected chi connectivity index (χ4v) is 3.92. The first-order valence-corrected chi connectivity index (χ1v) is 9.88. The van der Waals surface area contributed by atoms with Crippen molar-refractivity contribution < 1.29 is 18.0 Å².